The summed E-state index contributed by atoms with van der Waals surface area (Å²) >= 11 is 1.63. The van der Waals surface area contributed by atoms with Crippen LogP contribution in [0.1, 0.15) is 36.6 Å². The van der Waals surface area contributed by atoms with Gasteiger partial charge >= 0.3 is 12.0 Å². The van der Waals surface area contributed by atoms with Crippen molar-refractivity contribution in [1.82, 2.24) is 10.2 Å². The van der Waals surface area contributed by atoms with Crippen molar-refractivity contribution in [3.63, 3.8) is 0 Å². The lowest BCUT2D eigenvalue weighted by molar-refractivity contribution is -0.137. The Morgan fingerprint density at radius 3 is 2.45 bits per heavy atom. The van der Waals surface area contributed by atoms with Gasteiger partial charge in [0.25, 0.3) is 0 Å². The Hall–Kier alpha value is -1.56. The largest absolute Gasteiger partial charge is 0.480 e. The van der Waals surface area contributed by atoms with Gasteiger partial charge in [0.2, 0.25) is 0 Å². The number of hydrogen-bond donors (Lipinski definition) is 2. The van der Waals surface area contributed by atoms with Crippen molar-refractivity contribution in [2.75, 3.05) is 13.1 Å². The minimum absolute atomic E-state index is 0.121. The SMILES string of the molecule is Cc1ccc(C(C)NC(=O)N(CC(=O)O)CC(C)C)s1. The van der Waals surface area contributed by atoms with Gasteiger partial charge in [0, 0.05) is 16.3 Å². The van der Waals surface area contributed by atoms with Crippen molar-refractivity contribution in [2.24, 2.45) is 5.92 Å². The van der Waals surface area contributed by atoms with Crippen LogP contribution in [0.2, 0.25) is 0 Å². The van der Waals surface area contributed by atoms with Gasteiger partial charge < -0.3 is 15.3 Å². The van der Waals surface area contributed by atoms with E-state index in [9.17, 15) is 9.59 Å². The Kier molecular flexibility index (Phi) is 6.01. The Morgan fingerprint density at radius 2 is 2.00 bits per heavy atom. The quantitative estimate of drug-likeness (QED) is 0.848. The molecule has 0 aliphatic heterocycles. The molecule has 0 aliphatic carbocycles. The van der Waals surface area contributed by atoms with E-state index in [0.717, 1.165) is 4.88 Å². The van der Waals surface area contributed by atoms with Gasteiger partial charge in [-0.25, -0.2) is 4.79 Å². The molecular formula is C14H22N2O3S. The number of amides is 2. The molecule has 2 amide bonds. The molecule has 20 heavy (non-hydrogen) atoms. The fourth-order valence-corrected chi connectivity index (χ4v) is 2.74. The molecule has 0 aliphatic rings. The van der Waals surface area contributed by atoms with Gasteiger partial charge in [0.05, 0.1) is 6.04 Å². The first kappa shape index (κ1) is 16.5. The number of carbonyl (C=O) groups excluding carboxylic acids is 1. The third-order valence-electron chi connectivity index (χ3n) is 2.73. The lowest BCUT2D eigenvalue weighted by Crippen LogP contribution is -2.45. The molecule has 0 aromatic carbocycles. The summed E-state index contributed by atoms with van der Waals surface area (Å²) in [4.78, 5) is 26.6. The minimum Gasteiger partial charge on any atom is -0.480 e. The van der Waals surface area contributed by atoms with Gasteiger partial charge in [-0.15, -0.1) is 11.3 Å². The maximum absolute atomic E-state index is 12.2. The smallest absolute Gasteiger partial charge is 0.323 e. The summed E-state index contributed by atoms with van der Waals surface area (Å²) < 4.78 is 0. The fourth-order valence-electron chi connectivity index (χ4n) is 1.86. The lowest BCUT2D eigenvalue weighted by atomic mass is 10.2. The number of carboxylic acids is 1. The number of aliphatic carboxylic acids is 1. The minimum atomic E-state index is -1.000. The maximum atomic E-state index is 12.2. The van der Waals surface area contributed by atoms with E-state index >= 15 is 0 Å². The van der Waals surface area contributed by atoms with Gasteiger partial charge in [-0.3, -0.25) is 4.79 Å². The van der Waals surface area contributed by atoms with E-state index in [1.54, 1.807) is 11.3 Å². The number of urea groups is 1. The van der Waals surface area contributed by atoms with Crippen LogP contribution in [0.15, 0.2) is 12.1 Å². The predicted molar refractivity (Wildman–Crippen MR) is 80.0 cm³/mol. The Bertz CT molecular complexity index is 471. The summed E-state index contributed by atoms with van der Waals surface area (Å²) in [6.45, 7) is 7.96. The van der Waals surface area contributed by atoms with Crippen LogP contribution >= 0.6 is 11.3 Å². The number of hydrogen-bond acceptors (Lipinski definition) is 3. The Labute approximate surface area is 123 Å². The molecule has 2 N–H and O–H groups in total. The van der Waals surface area contributed by atoms with Crippen LogP contribution in [0.3, 0.4) is 0 Å². The predicted octanol–water partition coefficient (Wildman–Crippen LogP) is 2.87. The highest BCUT2D eigenvalue weighted by molar-refractivity contribution is 7.12. The van der Waals surface area contributed by atoms with E-state index < -0.39 is 5.97 Å². The molecule has 6 heteroatoms. The average molecular weight is 298 g/mol. The van der Waals surface area contributed by atoms with Gasteiger partial charge in [0.15, 0.2) is 0 Å². The third kappa shape index (κ3) is 5.21. The zero-order valence-corrected chi connectivity index (χ0v) is 13.2. The van der Waals surface area contributed by atoms with E-state index in [0.29, 0.717) is 6.54 Å². The van der Waals surface area contributed by atoms with Crippen LogP contribution in [-0.4, -0.2) is 35.1 Å². The molecule has 0 bridgehead atoms. The van der Waals surface area contributed by atoms with Crippen molar-refractivity contribution < 1.29 is 14.7 Å². The van der Waals surface area contributed by atoms with Gasteiger partial charge in [-0.2, -0.15) is 0 Å². The van der Waals surface area contributed by atoms with Gasteiger partial charge in [-0.1, -0.05) is 13.8 Å². The number of carbonyl (C=O) groups is 2. The summed E-state index contributed by atoms with van der Waals surface area (Å²) in [5.74, 6) is -0.778. The molecule has 112 valence electrons. The molecule has 1 aromatic rings. The van der Waals surface area contributed by atoms with E-state index in [2.05, 4.69) is 5.32 Å². The Morgan fingerprint density at radius 1 is 1.35 bits per heavy atom. The first-order valence-corrected chi connectivity index (χ1v) is 7.44. The molecular weight excluding hydrogens is 276 g/mol. The number of nitrogens with one attached hydrogen (secondary N) is 1. The number of thiophene rings is 1. The van der Waals surface area contributed by atoms with E-state index in [-0.39, 0.29) is 24.5 Å². The van der Waals surface area contributed by atoms with Crippen molar-refractivity contribution in [2.45, 2.75) is 33.7 Å². The average Bonchev–Trinajstić information content (AvgIpc) is 2.73. The number of nitrogens with zero attached hydrogens (tertiary/aromatic N) is 1. The van der Waals surface area contributed by atoms with Gasteiger partial charge in [0.1, 0.15) is 6.54 Å². The molecule has 0 fully saturated rings. The fraction of sp³-hybridized carbons (Fsp3) is 0.571. The standard InChI is InChI=1S/C14H22N2O3S/c1-9(2)7-16(8-13(17)18)14(19)15-11(4)12-6-5-10(3)20-12/h5-6,9,11H,7-8H2,1-4H3,(H,15,19)(H,17,18). The first-order chi connectivity index (χ1) is 9.29. The summed E-state index contributed by atoms with van der Waals surface area (Å²) in [6, 6.07) is 3.53. The molecule has 0 saturated carbocycles. The summed E-state index contributed by atoms with van der Waals surface area (Å²) in [5, 5.41) is 11.7. The highest BCUT2D eigenvalue weighted by Gasteiger charge is 2.20. The summed E-state index contributed by atoms with van der Waals surface area (Å²) in [6.07, 6.45) is 0. The lowest BCUT2D eigenvalue weighted by Gasteiger charge is -2.25. The molecule has 0 saturated heterocycles. The van der Waals surface area contributed by atoms with Crippen LogP contribution < -0.4 is 5.32 Å². The molecule has 0 radical (unpaired) electrons. The van der Waals surface area contributed by atoms with Crippen molar-refractivity contribution in [3.05, 3.63) is 21.9 Å². The molecule has 1 aromatic heterocycles. The molecule has 1 rings (SSSR count). The van der Waals surface area contributed by atoms with Crippen molar-refractivity contribution >= 4 is 23.3 Å². The Balaban J connectivity index is 2.67. The third-order valence-corrected chi connectivity index (χ3v) is 3.91. The van der Waals surface area contributed by atoms with Crippen LogP contribution in [0.4, 0.5) is 4.79 Å². The number of carboxylic acid groups (broad SMARTS) is 1. The maximum Gasteiger partial charge on any atom is 0.323 e. The summed E-state index contributed by atoms with van der Waals surface area (Å²) in [7, 11) is 0. The zero-order valence-electron chi connectivity index (χ0n) is 12.3. The second-order valence-electron chi connectivity index (χ2n) is 5.29. The highest BCUT2D eigenvalue weighted by atomic mass is 32.1. The normalized spacial score (nSPS) is 12.2. The topological polar surface area (TPSA) is 69.6 Å². The second-order valence-corrected chi connectivity index (χ2v) is 6.61. The van der Waals surface area contributed by atoms with E-state index in [4.69, 9.17) is 5.11 Å². The highest BCUT2D eigenvalue weighted by Crippen LogP contribution is 2.22. The first-order valence-electron chi connectivity index (χ1n) is 6.63. The second kappa shape index (κ2) is 7.28. The van der Waals surface area contributed by atoms with Crippen LogP contribution in [0.25, 0.3) is 0 Å². The summed E-state index contributed by atoms with van der Waals surface area (Å²) in [5.41, 5.74) is 0. The van der Waals surface area contributed by atoms with Crippen LogP contribution in [0, 0.1) is 12.8 Å². The molecule has 0 spiro atoms. The van der Waals surface area contributed by atoms with Crippen molar-refractivity contribution in [1.29, 1.82) is 0 Å². The van der Waals surface area contributed by atoms with E-state index in [1.807, 2.05) is 39.8 Å². The zero-order chi connectivity index (χ0) is 15.3. The number of rotatable bonds is 6. The molecule has 1 atom stereocenters. The van der Waals surface area contributed by atoms with Crippen LogP contribution in [0.5, 0.6) is 0 Å². The van der Waals surface area contributed by atoms with Gasteiger partial charge in [-0.05, 0) is 31.9 Å². The van der Waals surface area contributed by atoms with Crippen LogP contribution in [-0.2, 0) is 4.79 Å². The molecule has 1 unspecified atom stereocenters. The molecule has 5 nitrogen and oxygen atoms in total. The number of aryl methyl sites for hydroxylation is 1. The monoisotopic (exact) mass is 298 g/mol. The van der Waals surface area contributed by atoms with Crippen molar-refractivity contribution in [3.8, 4) is 0 Å². The van der Waals surface area contributed by atoms with E-state index in [1.165, 1.54) is 9.78 Å². The molecule has 1 heterocycles.